The predicted octanol–water partition coefficient (Wildman–Crippen LogP) is 3.47. The van der Waals surface area contributed by atoms with E-state index >= 15 is 0 Å². The van der Waals surface area contributed by atoms with Gasteiger partial charge in [-0.1, -0.05) is 23.4 Å². The van der Waals surface area contributed by atoms with Crippen LogP contribution in [0.1, 0.15) is 50.7 Å². The van der Waals surface area contributed by atoms with Crippen molar-refractivity contribution in [2.75, 3.05) is 19.6 Å². The van der Waals surface area contributed by atoms with Crippen molar-refractivity contribution in [1.82, 2.24) is 19.9 Å². The normalized spacial score (nSPS) is 15.2. The maximum atomic E-state index is 13.0. The molecule has 0 atom stereocenters. The second-order valence-electron chi connectivity index (χ2n) is 8.23. The van der Waals surface area contributed by atoms with E-state index in [2.05, 4.69) is 15.4 Å². The first-order valence-corrected chi connectivity index (χ1v) is 10.7. The molecule has 1 fully saturated rings. The van der Waals surface area contributed by atoms with Crippen LogP contribution in [0.15, 0.2) is 47.0 Å². The summed E-state index contributed by atoms with van der Waals surface area (Å²) in [6.07, 6.45) is 1.67. The van der Waals surface area contributed by atoms with Crippen LogP contribution in [0.3, 0.4) is 0 Å². The lowest BCUT2D eigenvalue weighted by Crippen LogP contribution is -2.46. The smallest absolute Gasteiger partial charge is 0.251 e. The van der Waals surface area contributed by atoms with Gasteiger partial charge in [0.25, 0.3) is 5.91 Å². The summed E-state index contributed by atoms with van der Waals surface area (Å²) in [6, 6.07) is 13.2. The molecule has 2 aromatic heterocycles. The predicted molar refractivity (Wildman–Crippen MR) is 118 cm³/mol. The van der Waals surface area contributed by atoms with Crippen LogP contribution >= 0.6 is 0 Å². The fourth-order valence-electron chi connectivity index (χ4n) is 4.24. The molecule has 1 saturated heterocycles. The Morgan fingerprint density at radius 1 is 1.10 bits per heavy atom. The Morgan fingerprint density at radius 2 is 1.81 bits per heavy atom. The highest BCUT2D eigenvalue weighted by Gasteiger charge is 2.25. The van der Waals surface area contributed by atoms with Crippen LogP contribution in [0.4, 0.5) is 0 Å². The van der Waals surface area contributed by atoms with Crippen molar-refractivity contribution < 1.29 is 14.1 Å². The monoisotopic (exact) mass is 420 g/mol. The summed E-state index contributed by atoms with van der Waals surface area (Å²) in [5, 5.41) is 7.19. The summed E-state index contributed by atoms with van der Waals surface area (Å²) in [5.41, 5.74) is 3.23. The van der Waals surface area contributed by atoms with Gasteiger partial charge < -0.3 is 9.84 Å². The average molecular weight is 421 g/mol. The van der Waals surface area contributed by atoms with E-state index in [-0.39, 0.29) is 17.7 Å². The first kappa shape index (κ1) is 21.1. The van der Waals surface area contributed by atoms with Crippen LogP contribution in [-0.2, 0) is 0 Å². The Morgan fingerprint density at radius 3 is 2.45 bits per heavy atom. The molecule has 1 aliphatic rings. The Labute approximate surface area is 182 Å². The number of nitrogens with one attached hydrogen (secondary N) is 1. The standard InChI is InChI=1S/C24H28N4O3/c1-16-13-21(18(3)28(16)23-14-17(2)31-26-23)22(29)15-27-11-9-20(10-12-27)25-24(30)19-7-5-4-6-8-19/h4-8,13-14,20H,9-12,15H2,1-3H3,(H,25,30). The Bertz CT molecular complexity index is 1080. The summed E-state index contributed by atoms with van der Waals surface area (Å²) >= 11 is 0. The number of carbonyl (C=O) groups excluding carboxylic acids is 2. The number of benzene rings is 1. The number of hydrogen-bond acceptors (Lipinski definition) is 5. The molecule has 0 spiro atoms. The zero-order valence-electron chi connectivity index (χ0n) is 18.2. The number of likely N-dealkylation sites (tertiary alicyclic amines) is 1. The lowest BCUT2D eigenvalue weighted by atomic mass is 10.0. The Kier molecular flexibility index (Phi) is 6.04. The molecule has 0 unspecified atom stereocenters. The van der Waals surface area contributed by atoms with E-state index in [0.29, 0.717) is 17.9 Å². The molecule has 31 heavy (non-hydrogen) atoms. The zero-order chi connectivity index (χ0) is 22.0. The van der Waals surface area contributed by atoms with Gasteiger partial charge in [0.1, 0.15) is 5.76 Å². The molecule has 0 saturated carbocycles. The average Bonchev–Trinajstić information content (AvgIpc) is 3.32. The van der Waals surface area contributed by atoms with Gasteiger partial charge in [0.05, 0.1) is 6.54 Å². The van der Waals surface area contributed by atoms with Gasteiger partial charge in [-0.15, -0.1) is 0 Å². The number of rotatable bonds is 6. The fraction of sp³-hybridized carbons (Fsp3) is 0.375. The third kappa shape index (κ3) is 4.61. The molecule has 3 aromatic rings. The highest BCUT2D eigenvalue weighted by Crippen LogP contribution is 2.22. The first-order chi connectivity index (χ1) is 14.9. The van der Waals surface area contributed by atoms with Crippen molar-refractivity contribution in [3.05, 3.63) is 70.7 Å². The number of hydrogen-bond donors (Lipinski definition) is 1. The van der Waals surface area contributed by atoms with E-state index < -0.39 is 0 Å². The number of aromatic nitrogens is 2. The minimum absolute atomic E-state index is 0.0364. The molecular weight excluding hydrogens is 392 g/mol. The summed E-state index contributed by atoms with van der Waals surface area (Å²) in [4.78, 5) is 27.5. The van der Waals surface area contributed by atoms with Gasteiger partial charge in [0.2, 0.25) is 0 Å². The van der Waals surface area contributed by atoms with Gasteiger partial charge in [0.15, 0.2) is 11.6 Å². The molecule has 0 aliphatic carbocycles. The minimum atomic E-state index is -0.0364. The first-order valence-electron chi connectivity index (χ1n) is 10.7. The number of nitrogens with zero attached hydrogens (tertiary/aromatic N) is 3. The molecule has 3 heterocycles. The van der Waals surface area contributed by atoms with E-state index in [1.54, 1.807) is 0 Å². The third-order valence-electron chi connectivity index (χ3n) is 5.90. The van der Waals surface area contributed by atoms with Crippen LogP contribution in [0.25, 0.3) is 5.82 Å². The second-order valence-corrected chi connectivity index (χ2v) is 8.23. The summed E-state index contributed by atoms with van der Waals surface area (Å²) < 4.78 is 7.15. The summed E-state index contributed by atoms with van der Waals surface area (Å²) in [7, 11) is 0. The Hall–Kier alpha value is -3.19. The number of amides is 1. The molecule has 1 aliphatic heterocycles. The Balaban J connectivity index is 1.34. The van der Waals surface area contributed by atoms with Crippen LogP contribution in [0.2, 0.25) is 0 Å². The van der Waals surface area contributed by atoms with E-state index in [1.165, 1.54) is 0 Å². The molecule has 1 N–H and O–H groups in total. The quantitative estimate of drug-likeness (QED) is 0.618. The molecule has 7 heteroatoms. The molecule has 0 radical (unpaired) electrons. The number of carbonyl (C=O) groups is 2. The van der Waals surface area contributed by atoms with Gasteiger partial charge in [0, 0.05) is 47.7 Å². The molecule has 4 rings (SSSR count). The maximum Gasteiger partial charge on any atom is 0.251 e. The lowest BCUT2D eigenvalue weighted by Gasteiger charge is -2.31. The van der Waals surface area contributed by atoms with Crippen molar-refractivity contribution in [2.45, 2.75) is 39.7 Å². The number of aryl methyl sites for hydroxylation is 2. The van der Waals surface area contributed by atoms with Crippen molar-refractivity contribution in [2.24, 2.45) is 0 Å². The largest absolute Gasteiger partial charge is 0.360 e. The van der Waals surface area contributed by atoms with Gasteiger partial charge in [-0.2, -0.15) is 0 Å². The summed E-state index contributed by atoms with van der Waals surface area (Å²) in [5.74, 6) is 1.50. The van der Waals surface area contributed by atoms with Gasteiger partial charge >= 0.3 is 0 Å². The van der Waals surface area contributed by atoms with Crippen LogP contribution < -0.4 is 5.32 Å². The van der Waals surface area contributed by atoms with Gasteiger partial charge in [-0.3, -0.25) is 19.1 Å². The molecule has 162 valence electrons. The number of ketones is 1. The molecule has 1 aromatic carbocycles. The highest BCUT2D eigenvalue weighted by atomic mass is 16.5. The highest BCUT2D eigenvalue weighted by molar-refractivity contribution is 5.99. The molecule has 7 nitrogen and oxygen atoms in total. The maximum absolute atomic E-state index is 13.0. The van der Waals surface area contributed by atoms with E-state index in [9.17, 15) is 9.59 Å². The van der Waals surface area contributed by atoms with Crippen molar-refractivity contribution in [3.63, 3.8) is 0 Å². The molecule has 0 bridgehead atoms. The van der Waals surface area contributed by atoms with Crippen molar-refractivity contribution in [3.8, 4) is 5.82 Å². The third-order valence-corrected chi connectivity index (χ3v) is 5.90. The van der Waals surface area contributed by atoms with Gasteiger partial charge in [-0.25, -0.2) is 0 Å². The van der Waals surface area contributed by atoms with E-state index in [1.807, 2.05) is 67.8 Å². The fourth-order valence-corrected chi connectivity index (χ4v) is 4.24. The topological polar surface area (TPSA) is 80.4 Å². The lowest BCUT2D eigenvalue weighted by molar-refractivity contribution is 0.0858. The van der Waals surface area contributed by atoms with E-state index in [4.69, 9.17) is 4.52 Å². The van der Waals surface area contributed by atoms with E-state index in [0.717, 1.165) is 48.6 Å². The van der Waals surface area contributed by atoms with Crippen LogP contribution in [0.5, 0.6) is 0 Å². The zero-order valence-corrected chi connectivity index (χ0v) is 18.2. The van der Waals surface area contributed by atoms with Crippen molar-refractivity contribution in [1.29, 1.82) is 0 Å². The minimum Gasteiger partial charge on any atom is -0.360 e. The van der Waals surface area contributed by atoms with Crippen LogP contribution in [0, 0.1) is 20.8 Å². The molecular formula is C24H28N4O3. The summed E-state index contributed by atoms with van der Waals surface area (Å²) in [6.45, 7) is 7.70. The van der Waals surface area contributed by atoms with Crippen LogP contribution in [-0.4, -0.2) is 52.0 Å². The SMILES string of the molecule is Cc1cc(-n2c(C)cc(C(=O)CN3CCC(NC(=O)c4ccccc4)CC3)c2C)no1. The van der Waals surface area contributed by atoms with Crippen molar-refractivity contribution >= 4 is 11.7 Å². The van der Waals surface area contributed by atoms with Gasteiger partial charge in [-0.05, 0) is 51.8 Å². The molecule has 1 amide bonds. The second kappa shape index (κ2) is 8.89. The number of Topliss-reactive ketones (excluding diaryl/α,β-unsaturated/α-hetero) is 1. The number of piperidine rings is 1.